The second-order valence-corrected chi connectivity index (χ2v) is 4.27. The van der Waals surface area contributed by atoms with Crippen LogP contribution >= 0.6 is 0 Å². The summed E-state index contributed by atoms with van der Waals surface area (Å²) in [7, 11) is 1.74. The fourth-order valence-electron chi connectivity index (χ4n) is 1.73. The Morgan fingerprint density at radius 3 is 2.43 bits per heavy atom. The van der Waals surface area contributed by atoms with E-state index in [2.05, 4.69) is 25.7 Å². The van der Waals surface area contributed by atoms with Crippen molar-refractivity contribution in [3.63, 3.8) is 0 Å². The predicted molar refractivity (Wildman–Crippen MR) is 61.5 cm³/mol. The van der Waals surface area contributed by atoms with Crippen molar-refractivity contribution in [1.82, 2.24) is 4.90 Å². The molecular weight excluding hydrogens is 176 g/mol. The Hall–Kier alpha value is -0.120. The highest BCUT2D eigenvalue weighted by Gasteiger charge is 2.20. The maximum atomic E-state index is 6.19. The second-order valence-electron chi connectivity index (χ2n) is 4.27. The minimum Gasteiger partial charge on any atom is -0.383 e. The summed E-state index contributed by atoms with van der Waals surface area (Å²) in [5, 5.41) is 0. The van der Waals surface area contributed by atoms with E-state index < -0.39 is 0 Å². The molecule has 0 aliphatic rings. The lowest BCUT2D eigenvalue weighted by Gasteiger charge is -2.31. The van der Waals surface area contributed by atoms with Crippen LogP contribution < -0.4 is 5.73 Å². The third-order valence-electron chi connectivity index (χ3n) is 2.46. The molecule has 0 rings (SSSR count). The van der Waals surface area contributed by atoms with Crippen LogP contribution in [0, 0.1) is 0 Å². The minimum absolute atomic E-state index is 0.0570. The van der Waals surface area contributed by atoms with Crippen molar-refractivity contribution in [1.29, 1.82) is 0 Å². The normalized spacial score (nSPS) is 15.9. The van der Waals surface area contributed by atoms with Gasteiger partial charge in [-0.25, -0.2) is 0 Å². The minimum atomic E-state index is -0.0570. The van der Waals surface area contributed by atoms with Crippen molar-refractivity contribution in [3.8, 4) is 0 Å². The van der Waals surface area contributed by atoms with Crippen molar-refractivity contribution >= 4 is 0 Å². The second kappa shape index (κ2) is 7.21. The summed E-state index contributed by atoms with van der Waals surface area (Å²) in [6.45, 7) is 10.2. The predicted octanol–water partition coefficient (Wildman–Crippen LogP) is 1.47. The third-order valence-corrected chi connectivity index (χ3v) is 2.46. The van der Waals surface area contributed by atoms with Gasteiger partial charge in [-0.05, 0) is 19.9 Å². The molecular formula is C11H26N2O. The summed E-state index contributed by atoms with van der Waals surface area (Å²) in [6, 6.07) is 0. The highest BCUT2D eigenvalue weighted by molar-refractivity contribution is 4.81. The molecule has 3 nitrogen and oxygen atoms in total. The summed E-state index contributed by atoms with van der Waals surface area (Å²) >= 11 is 0. The summed E-state index contributed by atoms with van der Waals surface area (Å²) in [4.78, 5) is 2.35. The first kappa shape index (κ1) is 13.9. The zero-order valence-electron chi connectivity index (χ0n) is 10.2. The van der Waals surface area contributed by atoms with Gasteiger partial charge in [-0.15, -0.1) is 0 Å². The molecule has 14 heavy (non-hydrogen) atoms. The average molecular weight is 202 g/mol. The van der Waals surface area contributed by atoms with Crippen molar-refractivity contribution < 1.29 is 4.74 Å². The molecule has 0 aromatic rings. The molecule has 0 heterocycles. The smallest absolute Gasteiger partial charge is 0.0589 e. The molecule has 0 aliphatic carbocycles. The van der Waals surface area contributed by atoms with Crippen LogP contribution in [0.1, 0.15) is 33.6 Å². The monoisotopic (exact) mass is 202 g/mol. The van der Waals surface area contributed by atoms with Crippen molar-refractivity contribution in [2.75, 3.05) is 33.4 Å². The molecule has 2 N–H and O–H groups in total. The van der Waals surface area contributed by atoms with Crippen LogP contribution in [0.4, 0.5) is 0 Å². The van der Waals surface area contributed by atoms with E-state index in [9.17, 15) is 0 Å². The fourth-order valence-corrected chi connectivity index (χ4v) is 1.73. The van der Waals surface area contributed by atoms with E-state index in [0.717, 1.165) is 39.1 Å². The molecule has 0 aromatic heterocycles. The van der Waals surface area contributed by atoms with E-state index >= 15 is 0 Å². The zero-order chi connectivity index (χ0) is 11.0. The van der Waals surface area contributed by atoms with Gasteiger partial charge in [0.1, 0.15) is 0 Å². The summed E-state index contributed by atoms with van der Waals surface area (Å²) in [5.74, 6) is 0. The van der Waals surface area contributed by atoms with Crippen LogP contribution in [-0.2, 0) is 4.74 Å². The van der Waals surface area contributed by atoms with E-state index in [4.69, 9.17) is 10.5 Å². The summed E-state index contributed by atoms with van der Waals surface area (Å²) in [6.07, 6.45) is 2.23. The Kier molecular flexibility index (Phi) is 7.15. The van der Waals surface area contributed by atoms with Gasteiger partial charge in [-0.3, -0.25) is 4.90 Å². The number of methoxy groups -OCH3 is 1. The number of hydrogen-bond donors (Lipinski definition) is 1. The summed E-state index contributed by atoms with van der Waals surface area (Å²) < 4.78 is 5.07. The van der Waals surface area contributed by atoms with Crippen molar-refractivity contribution in [3.05, 3.63) is 0 Å². The van der Waals surface area contributed by atoms with Gasteiger partial charge < -0.3 is 10.5 Å². The Balaban J connectivity index is 3.89. The first-order chi connectivity index (χ1) is 6.55. The SMILES string of the molecule is CCCC(C)(N)CN(CC)CCOC. The number of rotatable bonds is 8. The number of hydrogen-bond acceptors (Lipinski definition) is 3. The maximum absolute atomic E-state index is 6.19. The Bertz CT molecular complexity index is 137. The molecule has 0 radical (unpaired) electrons. The number of nitrogens with two attached hydrogens (primary N) is 1. The molecule has 1 atom stereocenters. The average Bonchev–Trinajstić information content (AvgIpc) is 2.12. The van der Waals surface area contributed by atoms with Gasteiger partial charge >= 0.3 is 0 Å². The molecule has 3 heteroatoms. The van der Waals surface area contributed by atoms with E-state index in [1.807, 2.05) is 0 Å². The van der Waals surface area contributed by atoms with Gasteiger partial charge in [0.15, 0.2) is 0 Å². The first-order valence-electron chi connectivity index (χ1n) is 5.56. The van der Waals surface area contributed by atoms with Crippen LogP contribution in [0.3, 0.4) is 0 Å². The highest BCUT2D eigenvalue weighted by Crippen LogP contribution is 2.10. The number of likely N-dealkylation sites (N-methyl/N-ethyl adjacent to an activating group) is 1. The van der Waals surface area contributed by atoms with E-state index in [1.165, 1.54) is 0 Å². The lowest BCUT2D eigenvalue weighted by atomic mass is 9.97. The molecule has 86 valence electrons. The summed E-state index contributed by atoms with van der Waals surface area (Å²) in [5.41, 5.74) is 6.14. The lowest BCUT2D eigenvalue weighted by molar-refractivity contribution is 0.134. The largest absolute Gasteiger partial charge is 0.383 e. The van der Waals surface area contributed by atoms with Gasteiger partial charge in [-0.2, -0.15) is 0 Å². The van der Waals surface area contributed by atoms with Crippen LogP contribution in [-0.4, -0.2) is 43.8 Å². The van der Waals surface area contributed by atoms with Crippen LogP contribution in [0.2, 0.25) is 0 Å². The molecule has 0 aromatic carbocycles. The maximum Gasteiger partial charge on any atom is 0.0589 e. The van der Waals surface area contributed by atoms with Gasteiger partial charge in [-0.1, -0.05) is 20.3 Å². The van der Waals surface area contributed by atoms with E-state index in [1.54, 1.807) is 7.11 Å². The molecule has 0 amide bonds. The Labute approximate surface area is 88.6 Å². The number of ether oxygens (including phenoxy) is 1. The molecule has 0 spiro atoms. The zero-order valence-corrected chi connectivity index (χ0v) is 10.2. The molecule has 0 aliphatic heterocycles. The van der Waals surface area contributed by atoms with Crippen molar-refractivity contribution in [2.45, 2.75) is 39.2 Å². The van der Waals surface area contributed by atoms with Crippen LogP contribution in [0.15, 0.2) is 0 Å². The molecule has 1 unspecified atom stereocenters. The van der Waals surface area contributed by atoms with Gasteiger partial charge in [0.2, 0.25) is 0 Å². The van der Waals surface area contributed by atoms with Crippen LogP contribution in [0.5, 0.6) is 0 Å². The quantitative estimate of drug-likeness (QED) is 0.648. The van der Waals surface area contributed by atoms with Gasteiger partial charge in [0.25, 0.3) is 0 Å². The first-order valence-corrected chi connectivity index (χ1v) is 5.56. The highest BCUT2D eigenvalue weighted by atomic mass is 16.5. The molecule has 0 fully saturated rings. The van der Waals surface area contributed by atoms with E-state index in [-0.39, 0.29) is 5.54 Å². The third kappa shape index (κ3) is 6.35. The van der Waals surface area contributed by atoms with Gasteiger partial charge in [0.05, 0.1) is 6.61 Å². The fraction of sp³-hybridized carbons (Fsp3) is 1.00. The van der Waals surface area contributed by atoms with E-state index in [0.29, 0.717) is 0 Å². The molecule has 0 bridgehead atoms. The Morgan fingerprint density at radius 2 is 2.00 bits per heavy atom. The standard InChI is InChI=1S/C11H26N2O/c1-5-7-11(3,12)10-13(6-2)8-9-14-4/h5-10,12H2,1-4H3. The Morgan fingerprint density at radius 1 is 1.36 bits per heavy atom. The van der Waals surface area contributed by atoms with Crippen LogP contribution in [0.25, 0.3) is 0 Å². The lowest BCUT2D eigenvalue weighted by Crippen LogP contribution is -2.48. The van der Waals surface area contributed by atoms with Gasteiger partial charge in [0, 0.05) is 25.7 Å². The topological polar surface area (TPSA) is 38.5 Å². The molecule has 0 saturated carbocycles. The molecule has 0 saturated heterocycles. The van der Waals surface area contributed by atoms with Crippen molar-refractivity contribution in [2.24, 2.45) is 5.73 Å². The number of nitrogens with zero attached hydrogens (tertiary/aromatic N) is 1.